The summed E-state index contributed by atoms with van der Waals surface area (Å²) in [6.07, 6.45) is 0. The lowest BCUT2D eigenvalue weighted by molar-refractivity contribution is 1.06. The lowest BCUT2D eigenvalue weighted by Crippen LogP contribution is -1.94. The normalized spacial score (nSPS) is 10.5. The average Bonchev–Trinajstić information content (AvgIpc) is 0.819. The number of nitrogens with zero attached hydrogens (tertiary/aromatic N) is 7. The zero-order valence-electron chi connectivity index (χ0n) is 64.0. The van der Waals surface area contributed by atoms with Crippen molar-refractivity contribution in [3.05, 3.63) is 453 Å². The molecule has 0 aliphatic rings. The van der Waals surface area contributed by atoms with Crippen LogP contribution in [0.5, 0.6) is 0 Å². The van der Waals surface area contributed by atoms with Gasteiger partial charge in [-0.3, -0.25) is 15.0 Å². The average molecular weight is 1460 g/mol. The lowest BCUT2D eigenvalue weighted by Gasteiger charge is -2.09. The maximum absolute atomic E-state index is 4.76. The van der Waals surface area contributed by atoms with Crippen molar-refractivity contribution in [2.75, 3.05) is 0 Å². The number of rotatable bonds is 13. The van der Waals surface area contributed by atoms with Crippen LogP contribution in [0.25, 0.3) is 146 Å². The van der Waals surface area contributed by atoms with E-state index in [0.29, 0.717) is 0 Å². The van der Waals surface area contributed by atoms with Crippen LogP contribution in [0, 0.1) is 34.6 Å². The van der Waals surface area contributed by atoms with E-state index >= 15 is 0 Å². The number of pyridine rings is 3. The van der Waals surface area contributed by atoms with Gasteiger partial charge in [-0.05, 0) is 156 Å². The van der Waals surface area contributed by atoms with Crippen LogP contribution in [-0.4, -0.2) is 34.9 Å². The molecule has 18 aromatic rings. The predicted molar refractivity (Wildman–Crippen MR) is 471 cm³/mol. The van der Waals surface area contributed by atoms with E-state index in [9.17, 15) is 0 Å². The topological polar surface area (TPSA) is 90.2 Å². The van der Waals surface area contributed by atoms with Crippen molar-refractivity contribution in [3.63, 3.8) is 0 Å². The van der Waals surface area contributed by atoms with Gasteiger partial charge in [0.25, 0.3) is 0 Å². The molecule has 0 unspecified atom stereocenters. The second-order valence-corrected chi connectivity index (χ2v) is 27.4. The first-order valence-corrected chi connectivity index (χ1v) is 38.1. The SMILES string of the molecule is Cc1cc(-c2ccccc2)cc(-c2ccc(-c3ccccc3)cc2)n1.Cc1cc(-c2ccccc2)cc(-c2cccc(-c3ccccc3)c2)n1.Cc1cc(-c2ccccc2)cc(-c2ccccc2)n1.Cc1nc(-c2ccccc2)cc(-c2ccc(-c3ccccc3)cc2)n1.Cc1nc(-c2ccccc2)cc(-c2ccccc2)n1. The molecule has 0 bridgehead atoms. The molecule has 0 spiro atoms. The second-order valence-electron chi connectivity index (χ2n) is 27.4. The van der Waals surface area contributed by atoms with Crippen molar-refractivity contribution in [3.8, 4) is 146 Å². The van der Waals surface area contributed by atoms with Crippen molar-refractivity contribution in [2.24, 2.45) is 0 Å². The molecule has 5 aromatic heterocycles. The Kier molecular flexibility index (Phi) is 25.0. The summed E-state index contributed by atoms with van der Waals surface area (Å²) in [6, 6.07) is 146. The molecule has 7 nitrogen and oxygen atoms in total. The van der Waals surface area contributed by atoms with Gasteiger partial charge in [0.2, 0.25) is 0 Å². The smallest absolute Gasteiger partial charge is 0.126 e. The van der Waals surface area contributed by atoms with Crippen LogP contribution in [0.3, 0.4) is 0 Å². The Balaban J connectivity index is 0.000000118. The number of aryl methyl sites for hydroxylation is 5. The van der Waals surface area contributed by atoms with Gasteiger partial charge in [-0.15, -0.1) is 0 Å². The molecule has 5 heterocycles. The van der Waals surface area contributed by atoms with Gasteiger partial charge in [0, 0.05) is 56.0 Å². The van der Waals surface area contributed by atoms with Crippen molar-refractivity contribution in [1.82, 2.24) is 34.9 Å². The highest BCUT2D eigenvalue weighted by Crippen LogP contribution is 2.34. The number of benzene rings is 13. The standard InChI is InChI=1S/2C24H19N.C23H18N2.C18H15N.C17H14N2/c1-18-15-23(20-11-6-3-7-12-20)17-24(25-18)22-14-8-13-21(16-22)19-9-4-2-5-10-19;1-18-16-23(20-10-6-3-7-11-20)17-24(25-18)22-14-12-21(13-15-22)19-8-4-2-5-9-19;1-17-24-22(20-10-6-3-7-11-20)16-23(25-17)21-14-12-19(13-15-21)18-8-4-2-5-9-18;1-14-12-17(15-8-4-2-5-9-15)13-18(19-14)16-10-6-3-7-11-16;1-13-18-16(14-8-4-2-5-9-14)12-17(19-13)15-10-6-3-7-11-15/h2*2-17H,1H3;2-16H,1H3;2-13H,1H3;2-12H,1H3. The predicted octanol–water partition coefficient (Wildman–Crippen LogP) is 27.4. The largest absolute Gasteiger partial charge is 0.253 e. The number of aromatic nitrogens is 7. The summed E-state index contributed by atoms with van der Waals surface area (Å²) >= 11 is 0. The van der Waals surface area contributed by atoms with Crippen molar-refractivity contribution < 1.29 is 0 Å². The maximum Gasteiger partial charge on any atom is 0.126 e. The van der Waals surface area contributed by atoms with Crippen molar-refractivity contribution in [1.29, 1.82) is 0 Å². The Morgan fingerprint density at radius 2 is 0.283 bits per heavy atom. The van der Waals surface area contributed by atoms with Crippen LogP contribution in [0.1, 0.15) is 28.7 Å². The third-order valence-electron chi connectivity index (χ3n) is 19.0. The van der Waals surface area contributed by atoms with Crippen LogP contribution in [-0.2, 0) is 0 Å². The lowest BCUT2D eigenvalue weighted by atomic mass is 9.99. The Morgan fingerprint density at radius 3 is 0.540 bits per heavy atom. The molecule has 0 fully saturated rings. The van der Waals surface area contributed by atoms with E-state index in [-0.39, 0.29) is 0 Å². The van der Waals surface area contributed by atoms with E-state index in [0.717, 1.165) is 108 Å². The van der Waals surface area contributed by atoms with Crippen molar-refractivity contribution >= 4 is 0 Å². The van der Waals surface area contributed by atoms with E-state index in [1.807, 2.05) is 143 Å². The summed E-state index contributed by atoms with van der Waals surface area (Å²) in [6.45, 7) is 10.0. The quantitative estimate of drug-likeness (QED) is 0.114. The van der Waals surface area contributed by atoms with Gasteiger partial charge in [-0.1, -0.05) is 370 Å². The van der Waals surface area contributed by atoms with Crippen LogP contribution in [0.15, 0.2) is 425 Å². The molecule has 0 saturated heterocycles. The molecule has 0 aliphatic heterocycles. The summed E-state index contributed by atoms with van der Waals surface area (Å²) in [4.78, 5) is 32.4. The molecular weight excluding hydrogens is 1370 g/mol. The minimum Gasteiger partial charge on any atom is -0.253 e. The summed E-state index contributed by atoms with van der Waals surface area (Å²) < 4.78 is 0. The fourth-order valence-corrected chi connectivity index (χ4v) is 13.4. The van der Waals surface area contributed by atoms with Crippen LogP contribution in [0.2, 0.25) is 0 Å². The Hall–Kier alpha value is -14.5. The van der Waals surface area contributed by atoms with Gasteiger partial charge >= 0.3 is 0 Å². The Morgan fingerprint density at radius 1 is 0.115 bits per heavy atom. The van der Waals surface area contributed by atoms with Gasteiger partial charge in [0.05, 0.1) is 39.9 Å². The fraction of sp³-hybridized carbons (Fsp3) is 0.0472. The fourth-order valence-electron chi connectivity index (χ4n) is 13.4. The van der Waals surface area contributed by atoms with E-state index < -0.39 is 0 Å². The van der Waals surface area contributed by atoms with Gasteiger partial charge in [-0.25, -0.2) is 19.9 Å². The maximum atomic E-state index is 4.76. The molecule has 544 valence electrons. The van der Waals surface area contributed by atoms with Crippen LogP contribution in [0.4, 0.5) is 0 Å². The number of hydrogen-bond donors (Lipinski definition) is 0. The van der Waals surface area contributed by atoms with E-state index in [1.54, 1.807) is 0 Å². The van der Waals surface area contributed by atoms with Gasteiger partial charge in [0.1, 0.15) is 11.6 Å². The highest BCUT2D eigenvalue weighted by atomic mass is 14.9. The van der Waals surface area contributed by atoms with Gasteiger partial charge in [0.15, 0.2) is 0 Å². The molecule has 0 radical (unpaired) electrons. The minimum atomic E-state index is 0.781. The summed E-state index contributed by atoms with van der Waals surface area (Å²) in [5.41, 5.74) is 32.5. The Bertz CT molecular complexity index is 5610. The zero-order chi connectivity index (χ0) is 77.3. The number of hydrogen-bond acceptors (Lipinski definition) is 7. The molecule has 0 aliphatic carbocycles. The van der Waals surface area contributed by atoms with Crippen LogP contribution >= 0.6 is 0 Å². The molecule has 7 heteroatoms. The molecule has 0 N–H and O–H groups in total. The second kappa shape index (κ2) is 37.5. The van der Waals surface area contributed by atoms with Crippen molar-refractivity contribution in [2.45, 2.75) is 34.6 Å². The minimum absolute atomic E-state index is 0.781. The van der Waals surface area contributed by atoms with E-state index in [1.165, 1.54) is 66.8 Å². The summed E-state index contributed by atoms with van der Waals surface area (Å²) in [7, 11) is 0. The molecule has 18 rings (SSSR count). The summed E-state index contributed by atoms with van der Waals surface area (Å²) in [5.74, 6) is 1.57. The highest BCUT2D eigenvalue weighted by molar-refractivity contribution is 5.78. The highest BCUT2D eigenvalue weighted by Gasteiger charge is 2.13. The van der Waals surface area contributed by atoms with Crippen LogP contribution < -0.4 is 0 Å². The van der Waals surface area contributed by atoms with Gasteiger partial charge in [-0.2, -0.15) is 0 Å². The monoisotopic (exact) mass is 1460 g/mol. The zero-order valence-corrected chi connectivity index (χ0v) is 64.0. The third kappa shape index (κ3) is 20.6. The van der Waals surface area contributed by atoms with E-state index in [2.05, 4.69) is 341 Å². The first kappa shape index (κ1) is 75.3. The third-order valence-corrected chi connectivity index (χ3v) is 19.0. The molecule has 0 atom stereocenters. The molecular formula is C106H85N7. The Labute approximate surface area is 664 Å². The molecule has 0 amide bonds. The van der Waals surface area contributed by atoms with Gasteiger partial charge < -0.3 is 0 Å². The molecule has 13 aromatic carbocycles. The molecule has 113 heavy (non-hydrogen) atoms. The summed E-state index contributed by atoms with van der Waals surface area (Å²) in [5, 5.41) is 0. The first-order valence-electron chi connectivity index (χ1n) is 38.1. The first-order chi connectivity index (χ1) is 55.5. The molecule has 0 saturated carbocycles. The van der Waals surface area contributed by atoms with E-state index in [4.69, 9.17) is 9.97 Å².